The van der Waals surface area contributed by atoms with E-state index in [-0.39, 0.29) is 5.41 Å². The van der Waals surface area contributed by atoms with Crippen molar-refractivity contribution in [3.63, 3.8) is 0 Å². The first-order valence-corrected chi connectivity index (χ1v) is 24.9. The molecule has 2 atom stereocenters. The Kier molecular flexibility index (Phi) is 10.1. The van der Waals surface area contributed by atoms with Crippen molar-refractivity contribution in [3.8, 4) is 33.4 Å². The zero-order valence-corrected chi connectivity index (χ0v) is 40.7. The minimum atomic E-state index is -1.16. The number of rotatable bonds is 9. The molecule has 2 unspecified atom stereocenters. The lowest BCUT2D eigenvalue weighted by Gasteiger charge is -2.36. The summed E-state index contributed by atoms with van der Waals surface area (Å²) in [6, 6.07) is 68.1. The second kappa shape index (κ2) is 16.6. The third kappa shape index (κ3) is 6.42. The fraction of sp³-hybridized carbons (Fsp3) is 0.0725. The Morgan fingerprint density at radius 3 is 1.04 bits per heavy atom. The second-order valence-corrected chi connectivity index (χ2v) is 20.3. The van der Waals surface area contributed by atoms with Crippen LogP contribution in [-0.4, -0.2) is 0 Å². The fourth-order valence-electron chi connectivity index (χ4n) is 12.9. The van der Waals surface area contributed by atoms with Gasteiger partial charge < -0.3 is 4.90 Å². The van der Waals surface area contributed by atoms with Crippen LogP contribution in [0.25, 0.3) is 45.5 Å². The van der Waals surface area contributed by atoms with Crippen LogP contribution in [0.3, 0.4) is 0 Å². The molecule has 0 amide bonds. The summed E-state index contributed by atoms with van der Waals surface area (Å²) in [5, 5.41) is 0. The molecule has 0 fully saturated rings. The maximum atomic E-state index is 15.8. The van der Waals surface area contributed by atoms with Gasteiger partial charge in [0.1, 0.15) is 23.3 Å². The van der Waals surface area contributed by atoms with Crippen LogP contribution in [0.2, 0.25) is 0 Å². The Bertz CT molecular complexity index is 3730. The monoisotopic (exact) mass is 965 g/mol. The Balaban J connectivity index is 1.12. The molecule has 5 heteroatoms. The lowest BCUT2D eigenvalue weighted by Crippen LogP contribution is -2.29. The molecular weight excluding hydrogens is 919 g/mol. The average Bonchev–Trinajstić information content (AvgIpc) is 3.97. The van der Waals surface area contributed by atoms with Gasteiger partial charge in [-0.2, -0.15) is 0 Å². The average molecular weight is 966 g/mol. The van der Waals surface area contributed by atoms with Gasteiger partial charge in [0.25, 0.3) is 0 Å². The minimum Gasteiger partial charge on any atom is -0.310 e. The molecule has 0 radical (unpaired) electrons. The van der Waals surface area contributed by atoms with Gasteiger partial charge in [-0.1, -0.05) is 179 Å². The van der Waals surface area contributed by atoms with Gasteiger partial charge in [0.2, 0.25) is 0 Å². The standard InChI is InChI=1S/C69H47F4N/c1-5-42-19-23-44(24-20-42)68(46-33-48(70)37-49(71)34-46)62-17-11-8-14-56(62)59-31-28-53(40-65(59)68)74(52-27-30-58-55-13-7-10-16-61(55)67(3,4)64(58)39-52)54-29-32-60-57-15-9-12-18-63(57)69(66(60)41-54,45-25-21-43(6-2)22-26-45)47-35-50(72)38-51(73)36-47/h5-41H,1-2H2,3-4H3. The van der Waals surface area contributed by atoms with Crippen LogP contribution in [0.4, 0.5) is 34.6 Å². The largest absolute Gasteiger partial charge is 0.310 e. The third-order valence-electron chi connectivity index (χ3n) is 16.1. The molecule has 0 bridgehead atoms. The lowest BCUT2D eigenvalue weighted by molar-refractivity contribution is 0.573. The molecule has 3 aliphatic rings. The molecule has 0 aromatic heterocycles. The Morgan fingerprint density at radius 2 is 0.649 bits per heavy atom. The van der Waals surface area contributed by atoms with Gasteiger partial charge in [-0.15, -0.1) is 0 Å². The van der Waals surface area contributed by atoms with Crippen LogP contribution in [0.5, 0.6) is 0 Å². The smallest absolute Gasteiger partial charge is 0.126 e. The molecule has 0 N–H and O–H groups in total. The van der Waals surface area contributed by atoms with Gasteiger partial charge in [-0.05, 0) is 161 Å². The van der Waals surface area contributed by atoms with Gasteiger partial charge in [-0.3, -0.25) is 0 Å². The lowest BCUT2D eigenvalue weighted by atomic mass is 9.67. The van der Waals surface area contributed by atoms with Crippen molar-refractivity contribution < 1.29 is 17.6 Å². The van der Waals surface area contributed by atoms with E-state index in [0.717, 1.165) is 102 Å². The molecule has 0 heterocycles. The van der Waals surface area contributed by atoms with E-state index in [9.17, 15) is 0 Å². The third-order valence-corrected chi connectivity index (χ3v) is 16.1. The molecular formula is C69H47F4N. The molecule has 10 aromatic carbocycles. The Hall–Kier alpha value is -8.80. The molecule has 0 saturated heterocycles. The van der Waals surface area contributed by atoms with E-state index in [1.54, 1.807) is 12.2 Å². The van der Waals surface area contributed by atoms with Crippen LogP contribution in [0.15, 0.2) is 225 Å². The van der Waals surface area contributed by atoms with Crippen LogP contribution < -0.4 is 4.90 Å². The topological polar surface area (TPSA) is 3.24 Å². The first-order chi connectivity index (χ1) is 35.9. The van der Waals surface area contributed by atoms with Crippen LogP contribution in [-0.2, 0) is 16.2 Å². The van der Waals surface area contributed by atoms with Crippen LogP contribution in [0.1, 0.15) is 80.6 Å². The summed E-state index contributed by atoms with van der Waals surface area (Å²) in [4.78, 5) is 2.25. The first-order valence-electron chi connectivity index (χ1n) is 24.9. The predicted octanol–water partition coefficient (Wildman–Crippen LogP) is 18.0. The fourth-order valence-corrected chi connectivity index (χ4v) is 12.9. The first kappa shape index (κ1) is 45.1. The molecule has 0 spiro atoms. The molecule has 356 valence electrons. The summed E-state index contributed by atoms with van der Waals surface area (Å²) in [6.07, 6.45) is 3.57. The van der Waals surface area contributed by atoms with Crippen molar-refractivity contribution in [2.24, 2.45) is 0 Å². The summed E-state index contributed by atoms with van der Waals surface area (Å²) in [6.45, 7) is 12.5. The maximum Gasteiger partial charge on any atom is 0.126 e. The van der Waals surface area contributed by atoms with Crippen molar-refractivity contribution in [1.82, 2.24) is 0 Å². The minimum absolute atomic E-state index is 0.338. The summed E-state index contributed by atoms with van der Waals surface area (Å²) in [7, 11) is 0. The highest BCUT2D eigenvalue weighted by Gasteiger charge is 2.49. The molecule has 74 heavy (non-hydrogen) atoms. The number of fused-ring (bicyclic) bond motifs is 9. The van der Waals surface area contributed by atoms with Crippen molar-refractivity contribution >= 4 is 29.2 Å². The van der Waals surface area contributed by atoms with Crippen LogP contribution in [0, 0.1) is 23.3 Å². The van der Waals surface area contributed by atoms with Gasteiger partial charge in [-0.25, -0.2) is 17.6 Å². The van der Waals surface area contributed by atoms with Crippen molar-refractivity contribution in [2.45, 2.75) is 30.1 Å². The van der Waals surface area contributed by atoms with Gasteiger partial charge in [0.05, 0.1) is 10.8 Å². The number of hydrogen-bond donors (Lipinski definition) is 0. The van der Waals surface area contributed by atoms with E-state index in [1.807, 2.05) is 72.8 Å². The summed E-state index contributed by atoms with van der Waals surface area (Å²) >= 11 is 0. The van der Waals surface area contributed by atoms with E-state index in [2.05, 4.69) is 135 Å². The number of anilines is 3. The van der Waals surface area contributed by atoms with E-state index in [1.165, 1.54) is 41.0 Å². The van der Waals surface area contributed by atoms with Gasteiger partial charge in [0, 0.05) is 34.6 Å². The molecule has 10 aromatic rings. The second-order valence-electron chi connectivity index (χ2n) is 20.3. The van der Waals surface area contributed by atoms with E-state index in [4.69, 9.17) is 0 Å². The van der Waals surface area contributed by atoms with Crippen molar-refractivity contribution in [1.29, 1.82) is 0 Å². The SMILES string of the molecule is C=Cc1ccc(C2(c3cc(F)cc(F)c3)c3ccccc3-c3ccc(N(c4ccc5c(c4)C(C)(C)c4ccccc4-5)c4ccc5c(c4)C(c4ccc(C=C)cc4)(c4cc(F)cc(F)c4)c4ccccc4-5)cc32)cc1. The molecule has 0 saturated carbocycles. The number of halogens is 4. The molecule has 1 nitrogen and oxygen atoms in total. The van der Waals surface area contributed by atoms with Crippen LogP contribution >= 0.6 is 0 Å². The molecule has 0 aliphatic heterocycles. The highest BCUT2D eigenvalue weighted by molar-refractivity contribution is 5.93. The van der Waals surface area contributed by atoms with E-state index in [0.29, 0.717) is 11.1 Å². The normalized spacial score (nSPS) is 17.1. The summed E-state index contributed by atoms with van der Waals surface area (Å²) in [5.41, 5.74) is 16.3. The van der Waals surface area contributed by atoms with E-state index >= 15 is 17.6 Å². The van der Waals surface area contributed by atoms with Crippen molar-refractivity contribution in [3.05, 3.63) is 316 Å². The summed E-state index contributed by atoms with van der Waals surface area (Å²) in [5.74, 6) is -2.69. The van der Waals surface area contributed by atoms with Crippen molar-refractivity contribution in [2.75, 3.05) is 4.90 Å². The highest BCUT2D eigenvalue weighted by atomic mass is 19.1. The number of nitrogens with zero attached hydrogens (tertiary/aromatic N) is 1. The summed E-state index contributed by atoms with van der Waals surface area (Å²) < 4.78 is 63.4. The Morgan fingerprint density at radius 1 is 0.324 bits per heavy atom. The Labute approximate surface area is 428 Å². The van der Waals surface area contributed by atoms with E-state index < -0.39 is 34.1 Å². The number of hydrogen-bond acceptors (Lipinski definition) is 1. The van der Waals surface area contributed by atoms with Gasteiger partial charge >= 0.3 is 0 Å². The zero-order chi connectivity index (χ0) is 50.7. The predicted molar refractivity (Wildman–Crippen MR) is 293 cm³/mol. The highest BCUT2D eigenvalue weighted by Crippen LogP contribution is 2.60. The number of benzene rings is 10. The van der Waals surface area contributed by atoms with Gasteiger partial charge in [0.15, 0.2) is 0 Å². The maximum absolute atomic E-state index is 15.8. The molecule has 13 rings (SSSR count). The quantitative estimate of drug-likeness (QED) is 0.130. The molecule has 3 aliphatic carbocycles. The zero-order valence-electron chi connectivity index (χ0n) is 40.7.